The van der Waals surface area contributed by atoms with Crippen LogP contribution in [0, 0.1) is 10.8 Å². The predicted octanol–water partition coefficient (Wildman–Crippen LogP) is 1.84. The van der Waals surface area contributed by atoms with Crippen LogP contribution in [0.5, 0.6) is 0 Å². The number of hydrogen-bond acceptors (Lipinski definition) is 5. The average Bonchev–Trinajstić information content (AvgIpc) is 2.24. The smallest absolute Gasteiger partial charge is 0.318 e. The molecule has 0 radical (unpaired) electrons. The molecule has 19 heavy (non-hydrogen) atoms. The van der Waals surface area contributed by atoms with Gasteiger partial charge in [-0.2, -0.15) is 0 Å². The minimum Gasteiger partial charge on any atom is -0.433 e. The van der Waals surface area contributed by atoms with Crippen LogP contribution in [-0.2, 0) is 23.7 Å². The molecule has 1 aliphatic heterocycles. The third kappa shape index (κ3) is 1.33. The summed E-state index contributed by atoms with van der Waals surface area (Å²) in [7, 11) is 1.60. The molecular weight excluding hydrogens is 248 g/mol. The third-order valence-electron chi connectivity index (χ3n) is 5.33. The molecule has 0 unspecified atom stereocenters. The lowest BCUT2D eigenvalue weighted by molar-refractivity contribution is -0.437. The first kappa shape index (κ1) is 13.3. The molecule has 108 valence electrons. The Morgan fingerprint density at radius 1 is 1.32 bits per heavy atom. The Hall–Kier alpha value is -0.650. The molecule has 3 rings (SSSR count). The molecule has 2 saturated carbocycles. The van der Waals surface area contributed by atoms with Crippen molar-refractivity contribution in [3.8, 4) is 0 Å². The number of rotatable bonds is 3. The van der Waals surface area contributed by atoms with Gasteiger partial charge in [0.2, 0.25) is 5.79 Å². The zero-order chi connectivity index (χ0) is 14.1. The SMILES string of the molecule is COCO[C@H]1C[C@@]23C(=O)OC(C)(C)O[C@]2(C)C[C@@]13C. The molecule has 1 heterocycles. The van der Waals surface area contributed by atoms with Gasteiger partial charge in [0.05, 0.1) is 11.7 Å². The van der Waals surface area contributed by atoms with E-state index in [4.69, 9.17) is 18.9 Å². The van der Waals surface area contributed by atoms with Gasteiger partial charge in [-0.15, -0.1) is 0 Å². The minimum absolute atomic E-state index is 0.0397. The Labute approximate surface area is 113 Å². The molecule has 0 aromatic carbocycles. The Bertz CT molecular complexity index is 434. The van der Waals surface area contributed by atoms with Gasteiger partial charge >= 0.3 is 5.97 Å². The fourth-order valence-electron chi connectivity index (χ4n) is 4.63. The van der Waals surface area contributed by atoms with Crippen molar-refractivity contribution in [2.24, 2.45) is 10.8 Å². The van der Waals surface area contributed by atoms with Crippen molar-refractivity contribution in [3.05, 3.63) is 0 Å². The Morgan fingerprint density at radius 2 is 2.00 bits per heavy atom. The maximum absolute atomic E-state index is 12.5. The van der Waals surface area contributed by atoms with E-state index in [1.807, 2.05) is 6.92 Å². The molecule has 1 saturated heterocycles. The Balaban J connectivity index is 1.85. The van der Waals surface area contributed by atoms with E-state index in [2.05, 4.69) is 6.92 Å². The lowest BCUT2D eigenvalue weighted by Crippen LogP contribution is -2.86. The van der Waals surface area contributed by atoms with Gasteiger partial charge in [-0.25, -0.2) is 0 Å². The summed E-state index contributed by atoms with van der Waals surface area (Å²) in [6, 6.07) is 0. The molecule has 0 N–H and O–H groups in total. The van der Waals surface area contributed by atoms with E-state index in [1.165, 1.54) is 0 Å². The summed E-state index contributed by atoms with van der Waals surface area (Å²) in [5, 5.41) is 0. The minimum atomic E-state index is -0.836. The molecule has 0 bridgehead atoms. The summed E-state index contributed by atoms with van der Waals surface area (Å²) < 4.78 is 22.1. The van der Waals surface area contributed by atoms with Gasteiger partial charge < -0.3 is 18.9 Å². The molecule has 0 amide bonds. The highest BCUT2D eigenvalue weighted by atomic mass is 16.7. The van der Waals surface area contributed by atoms with Gasteiger partial charge in [0, 0.05) is 26.4 Å². The van der Waals surface area contributed by atoms with Gasteiger partial charge in [0.15, 0.2) is 0 Å². The Kier molecular flexibility index (Phi) is 2.46. The number of carbonyl (C=O) groups excluding carboxylic acids is 1. The van der Waals surface area contributed by atoms with E-state index in [9.17, 15) is 4.79 Å². The first-order valence-electron chi connectivity index (χ1n) is 6.75. The monoisotopic (exact) mass is 270 g/mol. The van der Waals surface area contributed by atoms with E-state index >= 15 is 0 Å². The zero-order valence-corrected chi connectivity index (χ0v) is 12.2. The second kappa shape index (κ2) is 3.51. The van der Waals surface area contributed by atoms with Crippen LogP contribution in [0.25, 0.3) is 0 Å². The van der Waals surface area contributed by atoms with Crippen molar-refractivity contribution in [3.63, 3.8) is 0 Å². The molecule has 2 aliphatic carbocycles. The van der Waals surface area contributed by atoms with E-state index in [0.29, 0.717) is 6.42 Å². The number of cyclic esters (lactones) is 1. The third-order valence-corrected chi connectivity index (χ3v) is 5.33. The average molecular weight is 270 g/mol. The van der Waals surface area contributed by atoms with Crippen LogP contribution < -0.4 is 0 Å². The van der Waals surface area contributed by atoms with Crippen LogP contribution in [0.15, 0.2) is 0 Å². The highest BCUT2D eigenvalue weighted by Gasteiger charge is 2.86. The Morgan fingerprint density at radius 3 is 2.53 bits per heavy atom. The second-order valence-corrected chi connectivity index (χ2v) is 6.89. The van der Waals surface area contributed by atoms with Crippen LogP contribution in [-0.4, -0.2) is 37.4 Å². The fraction of sp³-hybridized carbons (Fsp3) is 0.929. The number of esters is 1. The number of carbonyl (C=O) groups is 1. The van der Waals surface area contributed by atoms with Crippen LogP contribution in [0.1, 0.15) is 40.5 Å². The molecule has 5 heteroatoms. The number of methoxy groups -OCH3 is 1. The second-order valence-electron chi connectivity index (χ2n) is 6.89. The first-order valence-corrected chi connectivity index (χ1v) is 6.75. The van der Waals surface area contributed by atoms with Gasteiger partial charge in [0.25, 0.3) is 0 Å². The molecule has 3 aliphatic rings. The summed E-state index contributed by atoms with van der Waals surface area (Å²) in [6.07, 6.45) is 1.50. The summed E-state index contributed by atoms with van der Waals surface area (Å²) in [6.45, 7) is 7.94. The maximum Gasteiger partial charge on any atom is 0.318 e. The largest absolute Gasteiger partial charge is 0.433 e. The van der Waals surface area contributed by atoms with Gasteiger partial charge in [-0.1, -0.05) is 6.92 Å². The number of hydrogen-bond donors (Lipinski definition) is 0. The van der Waals surface area contributed by atoms with Gasteiger partial charge in [-0.05, 0) is 19.8 Å². The van der Waals surface area contributed by atoms with Crippen molar-refractivity contribution in [1.29, 1.82) is 0 Å². The lowest BCUT2D eigenvalue weighted by Gasteiger charge is -2.78. The molecule has 3 fully saturated rings. The van der Waals surface area contributed by atoms with Crippen LogP contribution in [0.2, 0.25) is 0 Å². The van der Waals surface area contributed by atoms with Crippen molar-refractivity contribution in [1.82, 2.24) is 0 Å². The van der Waals surface area contributed by atoms with Crippen LogP contribution in [0.4, 0.5) is 0 Å². The standard InChI is InChI=1S/C14H22O5/c1-11(2)18-10(15)14-6-9(17-8-16-5)12(14,3)7-13(14,4)19-11/h9H,6-8H2,1-5H3/t9-,12-,13+,14-/m0/s1. The predicted molar refractivity (Wildman–Crippen MR) is 66.2 cm³/mol. The summed E-state index contributed by atoms with van der Waals surface area (Å²) in [5.41, 5.74) is -1.19. The molecule has 5 nitrogen and oxygen atoms in total. The summed E-state index contributed by atoms with van der Waals surface area (Å²) >= 11 is 0. The van der Waals surface area contributed by atoms with E-state index in [0.717, 1.165) is 6.42 Å². The quantitative estimate of drug-likeness (QED) is 0.578. The fourth-order valence-corrected chi connectivity index (χ4v) is 4.63. The molecule has 0 aromatic heterocycles. The zero-order valence-electron chi connectivity index (χ0n) is 12.2. The van der Waals surface area contributed by atoms with Crippen molar-refractivity contribution in [2.45, 2.75) is 58.0 Å². The highest BCUT2D eigenvalue weighted by Crippen LogP contribution is 2.78. The lowest BCUT2D eigenvalue weighted by atomic mass is 9.30. The van der Waals surface area contributed by atoms with E-state index < -0.39 is 16.8 Å². The molecule has 4 atom stereocenters. The van der Waals surface area contributed by atoms with Crippen LogP contribution in [0.3, 0.4) is 0 Å². The molecular formula is C14H22O5. The van der Waals surface area contributed by atoms with E-state index in [-0.39, 0.29) is 24.3 Å². The highest BCUT2D eigenvalue weighted by molar-refractivity contribution is 5.84. The van der Waals surface area contributed by atoms with E-state index in [1.54, 1.807) is 21.0 Å². The number of ether oxygens (including phenoxy) is 4. The molecule has 0 aromatic rings. The molecule has 1 spiro atoms. The van der Waals surface area contributed by atoms with Gasteiger partial charge in [0.1, 0.15) is 12.2 Å². The normalized spacial score (nSPS) is 50.4. The topological polar surface area (TPSA) is 54.0 Å². The summed E-state index contributed by atoms with van der Waals surface area (Å²) in [4.78, 5) is 12.5. The van der Waals surface area contributed by atoms with Crippen molar-refractivity contribution < 1.29 is 23.7 Å². The maximum atomic E-state index is 12.5. The van der Waals surface area contributed by atoms with Crippen molar-refractivity contribution in [2.75, 3.05) is 13.9 Å². The van der Waals surface area contributed by atoms with Crippen molar-refractivity contribution >= 4 is 5.97 Å². The first-order chi connectivity index (χ1) is 8.71. The van der Waals surface area contributed by atoms with Crippen LogP contribution >= 0.6 is 0 Å². The summed E-state index contributed by atoms with van der Waals surface area (Å²) in [5.74, 6) is -0.978. The van der Waals surface area contributed by atoms with Gasteiger partial charge in [-0.3, -0.25) is 4.79 Å².